The number of amides is 1. The number of hydrogen-bond donors (Lipinski definition) is 2. The number of nitrogens with zero attached hydrogens (tertiary/aromatic N) is 6. The van der Waals surface area contributed by atoms with Crippen LogP contribution >= 0.6 is 0 Å². The maximum Gasteiger partial charge on any atom is 0.253 e. The summed E-state index contributed by atoms with van der Waals surface area (Å²) in [7, 11) is 0. The van der Waals surface area contributed by atoms with Crippen molar-refractivity contribution >= 4 is 11.7 Å². The van der Waals surface area contributed by atoms with E-state index in [1.165, 1.54) is 12.1 Å². The number of aromatic nitrogens is 3. The third-order valence-corrected chi connectivity index (χ3v) is 8.07. The van der Waals surface area contributed by atoms with Gasteiger partial charge in [-0.2, -0.15) is 10.4 Å². The van der Waals surface area contributed by atoms with Crippen molar-refractivity contribution < 1.29 is 23.4 Å². The molecule has 1 aromatic carbocycles. The largest absolute Gasteiger partial charge is 0.473 e. The lowest BCUT2D eigenvalue weighted by Crippen LogP contribution is -2.53. The van der Waals surface area contributed by atoms with Gasteiger partial charge in [-0.25, -0.2) is 9.37 Å². The highest BCUT2D eigenvalue weighted by molar-refractivity contribution is 5.97. The van der Waals surface area contributed by atoms with Crippen LogP contribution in [0, 0.1) is 17.1 Å². The first-order valence-corrected chi connectivity index (χ1v) is 15.8. The monoisotopic (exact) mass is 654 g/mol. The molecular formula is C35H39FN8O4. The van der Waals surface area contributed by atoms with E-state index in [1.54, 1.807) is 56.8 Å². The Morgan fingerprint density at radius 3 is 2.77 bits per heavy atom. The molecule has 1 aliphatic carbocycles. The van der Waals surface area contributed by atoms with Gasteiger partial charge in [0.25, 0.3) is 5.91 Å². The van der Waals surface area contributed by atoms with Crippen molar-refractivity contribution in [3.8, 4) is 23.2 Å². The predicted octanol–water partition coefficient (Wildman–Crippen LogP) is 3.83. The number of amidine groups is 1. The minimum absolute atomic E-state index is 0.0281. The molecule has 3 N–H and O–H groups in total. The zero-order valence-electron chi connectivity index (χ0n) is 27.4. The van der Waals surface area contributed by atoms with Crippen LogP contribution in [0.25, 0.3) is 11.3 Å². The standard InChI is InChI=1S/C35H39FN8O4/c1-34(2,38)48-35(3,4)42-33(45)23-10-11-29-30(15-23)44(19-26-12-13-46-26)31(40-29)20-43-18-25(17-39-43)28-6-5-7-32(41-28)47-21-24-9-8-22(16-37)14-27(24)36/h5-11,14-15,17-18,26,29-30H,12-13,19-21,38H2,1-4H3,(H,42,45). The molecule has 2 aliphatic heterocycles. The van der Waals surface area contributed by atoms with E-state index < -0.39 is 17.3 Å². The smallest absolute Gasteiger partial charge is 0.253 e. The molecule has 48 heavy (non-hydrogen) atoms. The molecule has 0 bridgehead atoms. The third-order valence-electron chi connectivity index (χ3n) is 8.07. The van der Waals surface area contributed by atoms with Gasteiger partial charge in [0.1, 0.15) is 29.7 Å². The van der Waals surface area contributed by atoms with Crippen LogP contribution in [0.3, 0.4) is 0 Å². The van der Waals surface area contributed by atoms with Crippen molar-refractivity contribution in [2.45, 2.75) is 76.9 Å². The minimum Gasteiger partial charge on any atom is -0.473 e. The van der Waals surface area contributed by atoms with Crippen LogP contribution in [-0.2, 0) is 27.4 Å². The Morgan fingerprint density at radius 1 is 1.25 bits per heavy atom. The zero-order chi connectivity index (χ0) is 34.1. The Balaban J connectivity index is 1.14. The Labute approximate surface area is 278 Å². The van der Waals surface area contributed by atoms with Crippen LogP contribution in [-0.4, -0.2) is 74.2 Å². The lowest BCUT2D eigenvalue weighted by atomic mass is 9.97. The second kappa shape index (κ2) is 13.3. The molecule has 4 heterocycles. The van der Waals surface area contributed by atoms with Crippen LogP contribution in [0.4, 0.5) is 4.39 Å². The number of fused-ring (bicyclic) bond motifs is 1. The number of pyridine rings is 1. The number of halogens is 1. The van der Waals surface area contributed by atoms with Gasteiger partial charge in [0.05, 0.1) is 48.3 Å². The van der Waals surface area contributed by atoms with Crippen LogP contribution < -0.4 is 15.8 Å². The van der Waals surface area contributed by atoms with Gasteiger partial charge < -0.3 is 30.2 Å². The molecule has 1 amide bonds. The molecule has 0 radical (unpaired) electrons. The van der Waals surface area contributed by atoms with E-state index in [1.807, 2.05) is 36.6 Å². The van der Waals surface area contributed by atoms with Gasteiger partial charge >= 0.3 is 0 Å². The molecule has 3 aromatic rings. The molecule has 6 rings (SSSR count). The molecule has 12 nitrogen and oxygen atoms in total. The Bertz CT molecular complexity index is 1810. The van der Waals surface area contributed by atoms with E-state index in [4.69, 9.17) is 30.2 Å². The molecule has 1 fully saturated rings. The highest BCUT2D eigenvalue weighted by atomic mass is 19.1. The van der Waals surface area contributed by atoms with Gasteiger partial charge in [-0.05, 0) is 58.4 Å². The summed E-state index contributed by atoms with van der Waals surface area (Å²) in [5, 5.41) is 16.5. The summed E-state index contributed by atoms with van der Waals surface area (Å²) in [6.45, 7) is 8.75. The molecule has 3 unspecified atom stereocenters. The first-order valence-electron chi connectivity index (χ1n) is 15.8. The molecule has 3 atom stereocenters. The Morgan fingerprint density at radius 2 is 2.06 bits per heavy atom. The third kappa shape index (κ3) is 7.79. The molecule has 1 saturated heterocycles. The molecule has 250 valence electrons. The lowest BCUT2D eigenvalue weighted by molar-refractivity contribution is -0.149. The highest BCUT2D eigenvalue weighted by Gasteiger charge is 2.39. The van der Waals surface area contributed by atoms with Gasteiger partial charge in [-0.3, -0.25) is 14.5 Å². The number of carbonyl (C=O) groups is 1. The number of rotatable bonds is 12. The van der Waals surface area contributed by atoms with Gasteiger partial charge in [-0.15, -0.1) is 0 Å². The van der Waals surface area contributed by atoms with E-state index in [0.717, 1.165) is 24.4 Å². The summed E-state index contributed by atoms with van der Waals surface area (Å²) in [5.41, 5.74) is 6.65. The second-order valence-corrected chi connectivity index (χ2v) is 13.1. The van der Waals surface area contributed by atoms with E-state index in [-0.39, 0.29) is 36.3 Å². The maximum atomic E-state index is 14.3. The lowest BCUT2D eigenvalue weighted by Gasteiger charge is -2.36. The summed E-state index contributed by atoms with van der Waals surface area (Å²) in [6.07, 6.45) is 10.4. The summed E-state index contributed by atoms with van der Waals surface area (Å²) in [5.74, 6) is 0.403. The quantitative estimate of drug-likeness (QED) is 0.278. The molecule has 0 saturated carbocycles. The van der Waals surface area contributed by atoms with Crippen LogP contribution in [0.15, 0.2) is 77.6 Å². The van der Waals surface area contributed by atoms with Gasteiger partial charge in [0.15, 0.2) is 0 Å². The van der Waals surface area contributed by atoms with Crippen LogP contribution in [0.1, 0.15) is 45.2 Å². The molecule has 2 aromatic heterocycles. The van der Waals surface area contributed by atoms with Crippen molar-refractivity contribution in [3.05, 3.63) is 89.5 Å². The molecule has 3 aliphatic rings. The van der Waals surface area contributed by atoms with Gasteiger partial charge in [0, 0.05) is 42.1 Å². The van der Waals surface area contributed by atoms with E-state index >= 15 is 0 Å². The van der Waals surface area contributed by atoms with Crippen molar-refractivity contribution in [1.82, 2.24) is 25.0 Å². The van der Waals surface area contributed by atoms with Gasteiger partial charge in [-0.1, -0.05) is 24.3 Å². The number of nitrogens with two attached hydrogens (primary N) is 1. The van der Waals surface area contributed by atoms with Crippen molar-refractivity contribution in [2.75, 3.05) is 13.2 Å². The first-order chi connectivity index (χ1) is 22.9. The van der Waals surface area contributed by atoms with E-state index in [0.29, 0.717) is 35.8 Å². The predicted molar refractivity (Wildman–Crippen MR) is 176 cm³/mol. The fourth-order valence-corrected chi connectivity index (χ4v) is 5.92. The van der Waals surface area contributed by atoms with Crippen LogP contribution in [0.2, 0.25) is 0 Å². The summed E-state index contributed by atoms with van der Waals surface area (Å²) in [4.78, 5) is 25.1. The average molecular weight is 655 g/mol. The molecule has 0 spiro atoms. The number of nitriles is 1. The topological polar surface area (TPSA) is 153 Å². The number of nitrogens with one attached hydrogen (secondary N) is 1. The second-order valence-electron chi connectivity index (χ2n) is 13.1. The van der Waals surface area contributed by atoms with Crippen molar-refractivity contribution in [1.29, 1.82) is 5.26 Å². The minimum atomic E-state index is -0.973. The summed E-state index contributed by atoms with van der Waals surface area (Å²) < 4.78 is 33.5. The van der Waals surface area contributed by atoms with Crippen molar-refractivity contribution in [3.63, 3.8) is 0 Å². The van der Waals surface area contributed by atoms with Crippen molar-refractivity contribution in [2.24, 2.45) is 10.7 Å². The number of benzene rings is 1. The SMILES string of the molecule is CC(C)(N)OC(C)(C)NC(=O)C1=CC2C(C=C1)N=C(Cn1cc(-c3cccc(OCc4ccc(C#N)cc4F)n3)cn1)N2CC1CCO1. The van der Waals surface area contributed by atoms with E-state index in [2.05, 4.69) is 20.3 Å². The normalized spacial score (nSPS) is 20.4. The first kappa shape index (κ1) is 33.0. The average Bonchev–Trinajstić information content (AvgIpc) is 3.61. The van der Waals surface area contributed by atoms with E-state index in [9.17, 15) is 9.18 Å². The summed E-state index contributed by atoms with van der Waals surface area (Å²) in [6, 6.07) is 11.2. The number of ether oxygens (including phenoxy) is 3. The number of hydrogen-bond acceptors (Lipinski definition) is 10. The maximum absolute atomic E-state index is 14.3. The van der Waals surface area contributed by atoms with Gasteiger partial charge in [0.2, 0.25) is 5.88 Å². The highest BCUT2D eigenvalue weighted by Crippen LogP contribution is 2.29. The molecule has 13 heteroatoms. The number of carbonyl (C=O) groups excluding carboxylic acids is 1. The Hall–Kier alpha value is -4.90. The Kier molecular flexibility index (Phi) is 9.15. The fourth-order valence-electron chi connectivity index (χ4n) is 5.92. The van der Waals surface area contributed by atoms with Crippen LogP contribution in [0.5, 0.6) is 5.88 Å². The zero-order valence-corrected chi connectivity index (χ0v) is 27.4. The molecular weight excluding hydrogens is 615 g/mol. The fraction of sp³-hybridized carbons (Fsp3) is 0.400. The summed E-state index contributed by atoms with van der Waals surface area (Å²) >= 11 is 0. The number of aliphatic imine (C=N–C) groups is 1.